The van der Waals surface area contributed by atoms with E-state index in [1.807, 2.05) is 60.7 Å². The van der Waals surface area contributed by atoms with Gasteiger partial charge in [-0.15, -0.1) is 0 Å². The molecule has 0 spiro atoms. The third-order valence-corrected chi connectivity index (χ3v) is 4.47. The van der Waals surface area contributed by atoms with Gasteiger partial charge in [-0.25, -0.2) is 0 Å². The fourth-order valence-electron chi connectivity index (χ4n) is 3.13. The highest BCUT2D eigenvalue weighted by Gasteiger charge is 2.22. The number of pyridine rings is 1. The van der Waals surface area contributed by atoms with Gasteiger partial charge in [-0.3, -0.25) is 9.78 Å². The fourth-order valence-corrected chi connectivity index (χ4v) is 3.13. The Labute approximate surface area is 158 Å². The van der Waals surface area contributed by atoms with E-state index >= 15 is 0 Å². The lowest BCUT2D eigenvalue weighted by Gasteiger charge is -2.20. The average Bonchev–Trinajstić information content (AvgIpc) is 2.73. The minimum Gasteiger partial charge on any atom is -0.486 e. The molecule has 3 aromatic rings. The van der Waals surface area contributed by atoms with E-state index in [4.69, 9.17) is 9.47 Å². The van der Waals surface area contributed by atoms with Crippen LogP contribution >= 0.6 is 0 Å². The van der Waals surface area contributed by atoms with Gasteiger partial charge in [0, 0.05) is 30.1 Å². The monoisotopic (exact) mass is 360 g/mol. The van der Waals surface area contributed by atoms with E-state index in [-0.39, 0.29) is 11.8 Å². The largest absolute Gasteiger partial charge is 0.486 e. The van der Waals surface area contributed by atoms with Crippen molar-refractivity contribution in [1.82, 2.24) is 4.98 Å². The van der Waals surface area contributed by atoms with Crippen LogP contribution in [0.4, 0.5) is 5.69 Å². The maximum Gasteiger partial charge on any atom is 0.232 e. The zero-order chi connectivity index (χ0) is 18.5. The molecule has 1 aliphatic rings. The Kier molecular flexibility index (Phi) is 5.01. The first kappa shape index (κ1) is 17.1. The fraction of sp³-hybridized carbons (Fsp3) is 0.182. The molecule has 1 aliphatic heterocycles. The summed E-state index contributed by atoms with van der Waals surface area (Å²) in [4.78, 5) is 17.4. The van der Waals surface area contributed by atoms with Gasteiger partial charge in [-0.1, -0.05) is 36.4 Å². The molecule has 5 heteroatoms. The van der Waals surface area contributed by atoms with Crippen LogP contribution in [0.15, 0.2) is 72.9 Å². The number of amides is 1. The lowest BCUT2D eigenvalue weighted by molar-refractivity contribution is -0.117. The van der Waals surface area contributed by atoms with Gasteiger partial charge in [0.2, 0.25) is 5.91 Å². The third-order valence-electron chi connectivity index (χ3n) is 4.47. The molecule has 2 heterocycles. The number of benzene rings is 2. The summed E-state index contributed by atoms with van der Waals surface area (Å²) in [7, 11) is 0. The Morgan fingerprint density at radius 1 is 0.963 bits per heavy atom. The first-order chi connectivity index (χ1) is 13.3. The molecule has 2 aromatic carbocycles. The van der Waals surface area contributed by atoms with E-state index in [1.54, 1.807) is 12.3 Å². The Hall–Kier alpha value is -3.34. The first-order valence-corrected chi connectivity index (χ1v) is 8.95. The maximum absolute atomic E-state index is 13.1. The number of carbonyl (C=O) groups excluding carboxylic acids is 1. The maximum atomic E-state index is 13.1. The Bertz CT molecular complexity index is 913. The smallest absolute Gasteiger partial charge is 0.232 e. The molecule has 0 saturated heterocycles. The summed E-state index contributed by atoms with van der Waals surface area (Å²) < 4.78 is 11.1. The van der Waals surface area contributed by atoms with Gasteiger partial charge in [0.05, 0.1) is 5.92 Å². The standard InChI is InChI=1S/C22H20N2O3/c25-22(24-18-9-10-20-21(15-18)27-13-12-26-20)19(16-6-2-1-3-7-16)14-17-8-4-5-11-23-17/h1-11,15,19H,12-14H2,(H,24,25). The summed E-state index contributed by atoms with van der Waals surface area (Å²) in [6.07, 6.45) is 2.28. The zero-order valence-electron chi connectivity index (χ0n) is 14.8. The highest BCUT2D eigenvalue weighted by atomic mass is 16.6. The molecular formula is C22H20N2O3. The van der Waals surface area contributed by atoms with Crippen molar-refractivity contribution in [1.29, 1.82) is 0 Å². The number of aromatic nitrogens is 1. The topological polar surface area (TPSA) is 60.5 Å². The van der Waals surface area contributed by atoms with Crippen LogP contribution in [-0.2, 0) is 11.2 Å². The molecule has 1 amide bonds. The van der Waals surface area contributed by atoms with Crippen LogP contribution in [0.2, 0.25) is 0 Å². The summed E-state index contributed by atoms with van der Waals surface area (Å²) in [5, 5.41) is 3.01. The van der Waals surface area contributed by atoms with Crippen molar-refractivity contribution in [3.8, 4) is 11.5 Å². The number of anilines is 1. The second-order valence-corrected chi connectivity index (χ2v) is 6.34. The molecule has 0 radical (unpaired) electrons. The van der Waals surface area contributed by atoms with E-state index in [0.29, 0.717) is 36.8 Å². The number of ether oxygens (including phenoxy) is 2. The molecule has 1 unspecified atom stereocenters. The molecule has 136 valence electrons. The minimum absolute atomic E-state index is 0.0801. The van der Waals surface area contributed by atoms with Crippen molar-refractivity contribution in [3.63, 3.8) is 0 Å². The molecule has 1 aromatic heterocycles. The molecule has 27 heavy (non-hydrogen) atoms. The predicted molar refractivity (Wildman–Crippen MR) is 103 cm³/mol. The van der Waals surface area contributed by atoms with Gasteiger partial charge in [-0.05, 0) is 29.8 Å². The van der Waals surface area contributed by atoms with Gasteiger partial charge < -0.3 is 14.8 Å². The van der Waals surface area contributed by atoms with E-state index in [2.05, 4.69) is 10.3 Å². The van der Waals surface area contributed by atoms with Crippen molar-refractivity contribution in [2.45, 2.75) is 12.3 Å². The SMILES string of the molecule is O=C(Nc1ccc2c(c1)OCCO2)C(Cc1ccccn1)c1ccccc1. The zero-order valence-corrected chi connectivity index (χ0v) is 14.8. The Balaban J connectivity index is 1.57. The van der Waals surface area contributed by atoms with Crippen molar-refractivity contribution in [3.05, 3.63) is 84.2 Å². The molecule has 4 rings (SSSR count). The van der Waals surface area contributed by atoms with Crippen LogP contribution in [0.3, 0.4) is 0 Å². The predicted octanol–water partition coefficient (Wildman–Crippen LogP) is 3.82. The number of fused-ring (bicyclic) bond motifs is 1. The molecule has 0 fully saturated rings. The lowest BCUT2D eigenvalue weighted by Crippen LogP contribution is -2.23. The lowest BCUT2D eigenvalue weighted by atomic mass is 9.93. The average molecular weight is 360 g/mol. The van der Waals surface area contributed by atoms with Crippen molar-refractivity contribution in [2.75, 3.05) is 18.5 Å². The van der Waals surface area contributed by atoms with Crippen LogP contribution < -0.4 is 14.8 Å². The number of rotatable bonds is 5. The number of hydrogen-bond donors (Lipinski definition) is 1. The Morgan fingerprint density at radius 2 is 1.74 bits per heavy atom. The second kappa shape index (κ2) is 7.91. The molecule has 1 N–H and O–H groups in total. The number of carbonyl (C=O) groups is 1. The number of nitrogens with zero attached hydrogens (tertiary/aromatic N) is 1. The van der Waals surface area contributed by atoms with Crippen LogP contribution in [0.5, 0.6) is 11.5 Å². The second-order valence-electron chi connectivity index (χ2n) is 6.34. The summed E-state index contributed by atoms with van der Waals surface area (Å²) >= 11 is 0. The van der Waals surface area contributed by atoms with Gasteiger partial charge in [-0.2, -0.15) is 0 Å². The molecule has 0 bridgehead atoms. The van der Waals surface area contributed by atoms with Crippen molar-refractivity contribution in [2.24, 2.45) is 0 Å². The number of nitrogens with one attached hydrogen (secondary N) is 1. The summed E-state index contributed by atoms with van der Waals surface area (Å²) in [5.74, 6) is 0.935. The highest BCUT2D eigenvalue weighted by Crippen LogP contribution is 2.33. The van der Waals surface area contributed by atoms with E-state index < -0.39 is 0 Å². The molecule has 0 aliphatic carbocycles. The van der Waals surface area contributed by atoms with Gasteiger partial charge in [0.1, 0.15) is 13.2 Å². The quantitative estimate of drug-likeness (QED) is 0.751. The Morgan fingerprint density at radius 3 is 2.52 bits per heavy atom. The molecule has 0 saturated carbocycles. The summed E-state index contributed by atoms with van der Waals surface area (Å²) in [6.45, 7) is 1.05. The van der Waals surface area contributed by atoms with Crippen molar-refractivity contribution < 1.29 is 14.3 Å². The van der Waals surface area contributed by atoms with Gasteiger partial charge >= 0.3 is 0 Å². The summed E-state index contributed by atoms with van der Waals surface area (Å²) in [5.41, 5.74) is 2.52. The van der Waals surface area contributed by atoms with E-state index in [0.717, 1.165) is 11.3 Å². The third kappa shape index (κ3) is 4.08. The summed E-state index contributed by atoms with van der Waals surface area (Å²) in [6, 6.07) is 21.0. The molecule has 5 nitrogen and oxygen atoms in total. The molecular weight excluding hydrogens is 340 g/mol. The van der Waals surface area contributed by atoms with Crippen LogP contribution in [0, 0.1) is 0 Å². The van der Waals surface area contributed by atoms with E-state index in [9.17, 15) is 4.79 Å². The van der Waals surface area contributed by atoms with Crippen LogP contribution in [-0.4, -0.2) is 24.1 Å². The van der Waals surface area contributed by atoms with Gasteiger partial charge in [0.25, 0.3) is 0 Å². The van der Waals surface area contributed by atoms with Gasteiger partial charge in [0.15, 0.2) is 11.5 Å². The number of hydrogen-bond acceptors (Lipinski definition) is 4. The normalized spacial score (nSPS) is 13.6. The molecule has 1 atom stereocenters. The first-order valence-electron chi connectivity index (χ1n) is 8.95. The minimum atomic E-state index is -0.339. The van der Waals surface area contributed by atoms with E-state index in [1.165, 1.54) is 0 Å². The van der Waals surface area contributed by atoms with Crippen LogP contribution in [0.25, 0.3) is 0 Å². The highest BCUT2D eigenvalue weighted by molar-refractivity contribution is 5.96. The van der Waals surface area contributed by atoms with Crippen molar-refractivity contribution >= 4 is 11.6 Å². The van der Waals surface area contributed by atoms with Crippen LogP contribution in [0.1, 0.15) is 17.2 Å².